The number of amides is 1. The molecule has 1 amide bonds. The molecule has 6 rings (SSSR count). The molecule has 9 heteroatoms. The second-order valence-corrected chi connectivity index (χ2v) is 10.5. The van der Waals surface area contributed by atoms with Gasteiger partial charge in [-0.05, 0) is 43.9 Å². The van der Waals surface area contributed by atoms with Crippen LogP contribution in [0.1, 0.15) is 44.6 Å². The molecule has 1 saturated carbocycles. The molecule has 2 aliphatic rings. The topological polar surface area (TPSA) is 98.2 Å². The van der Waals surface area contributed by atoms with E-state index < -0.39 is 5.60 Å². The Morgan fingerprint density at radius 3 is 2.57 bits per heavy atom. The first-order chi connectivity index (χ1) is 18.0. The van der Waals surface area contributed by atoms with Crippen LogP contribution >= 0.6 is 0 Å². The highest BCUT2D eigenvalue weighted by atomic mass is 16.3. The van der Waals surface area contributed by atoms with E-state index in [2.05, 4.69) is 14.5 Å². The molecule has 3 aromatic heterocycles. The Kier molecular flexibility index (Phi) is 6.16. The normalized spacial score (nSPS) is 21.8. The summed E-state index contributed by atoms with van der Waals surface area (Å²) in [6, 6.07) is 11.7. The number of rotatable bonds is 5. The number of carbonyl (C=O) groups excluding carboxylic acids is 1. The maximum Gasteiger partial charge on any atom is 0.262 e. The zero-order valence-electron chi connectivity index (χ0n) is 20.8. The molecule has 4 heterocycles. The van der Waals surface area contributed by atoms with Crippen LogP contribution < -0.4 is 5.56 Å². The van der Waals surface area contributed by atoms with Gasteiger partial charge in [0.25, 0.3) is 5.56 Å². The average Bonchev–Trinajstić information content (AvgIpc) is 3.62. The molecule has 0 spiro atoms. The highest BCUT2D eigenvalue weighted by Crippen LogP contribution is 2.36. The molecule has 9 nitrogen and oxygen atoms in total. The van der Waals surface area contributed by atoms with E-state index in [4.69, 9.17) is 0 Å². The summed E-state index contributed by atoms with van der Waals surface area (Å²) in [5, 5.41) is 11.9. The smallest absolute Gasteiger partial charge is 0.262 e. The third-order valence-electron chi connectivity index (χ3n) is 8.13. The van der Waals surface area contributed by atoms with Gasteiger partial charge in [0.2, 0.25) is 5.91 Å². The number of piperidine rings is 1. The number of fused-ring (bicyclic) bond motifs is 1. The van der Waals surface area contributed by atoms with Crippen molar-refractivity contribution in [1.82, 2.24) is 28.6 Å². The summed E-state index contributed by atoms with van der Waals surface area (Å²) >= 11 is 0. The first-order valence-electron chi connectivity index (χ1n) is 13.1. The van der Waals surface area contributed by atoms with Crippen LogP contribution in [-0.4, -0.2) is 58.3 Å². The number of likely N-dealkylation sites (tertiary alicyclic amines) is 1. The standard InChI is InChI=1S/C28H32N6O3/c35-26(22-8-4-5-9-24(22)32-17-13-29-19-32)31-15-11-28(37,12-16-31)18-33-20-30-25-23(27(33)36)10-14-34(25)21-6-2-1-3-7-21/h1-3,6-7,10,13-14,17,19-20,22,24,37H,4-5,8-9,11-12,15-16,18H2/t22-,24-/m0/s1. The quantitative estimate of drug-likeness (QED) is 0.454. The summed E-state index contributed by atoms with van der Waals surface area (Å²) in [5.74, 6) is 0.111. The van der Waals surface area contributed by atoms with Gasteiger partial charge in [0.1, 0.15) is 6.33 Å². The van der Waals surface area contributed by atoms with Crippen molar-refractivity contribution in [2.75, 3.05) is 13.1 Å². The van der Waals surface area contributed by atoms with Crippen LogP contribution in [-0.2, 0) is 11.3 Å². The van der Waals surface area contributed by atoms with E-state index in [1.54, 1.807) is 12.3 Å². The molecule has 0 bridgehead atoms. The average molecular weight is 501 g/mol. The molecular formula is C28H32N6O3. The summed E-state index contributed by atoms with van der Waals surface area (Å²) in [6.45, 7) is 1.13. The van der Waals surface area contributed by atoms with E-state index in [1.807, 2.05) is 58.5 Å². The lowest BCUT2D eigenvalue weighted by Crippen LogP contribution is -2.51. The van der Waals surface area contributed by atoms with Gasteiger partial charge in [-0.25, -0.2) is 9.97 Å². The van der Waals surface area contributed by atoms with Gasteiger partial charge in [0, 0.05) is 43.4 Å². The van der Waals surface area contributed by atoms with Gasteiger partial charge in [-0.3, -0.25) is 14.2 Å². The van der Waals surface area contributed by atoms with E-state index in [0.717, 1.165) is 31.4 Å². The van der Waals surface area contributed by atoms with E-state index in [-0.39, 0.29) is 30.0 Å². The van der Waals surface area contributed by atoms with Gasteiger partial charge in [0.15, 0.2) is 5.65 Å². The zero-order valence-corrected chi connectivity index (χ0v) is 20.8. The third-order valence-corrected chi connectivity index (χ3v) is 8.13. The highest BCUT2D eigenvalue weighted by Gasteiger charge is 2.39. The van der Waals surface area contributed by atoms with Crippen LogP contribution in [0, 0.1) is 5.92 Å². The minimum absolute atomic E-state index is 0.0583. The lowest BCUT2D eigenvalue weighted by molar-refractivity contribution is -0.142. The van der Waals surface area contributed by atoms with Crippen LogP contribution in [0.25, 0.3) is 16.7 Å². The molecule has 1 aliphatic carbocycles. The van der Waals surface area contributed by atoms with E-state index in [0.29, 0.717) is 37.0 Å². The zero-order chi connectivity index (χ0) is 25.4. The molecule has 4 aromatic rings. The SMILES string of the molecule is O=C([C@H]1CCCC[C@@H]1n1ccnc1)N1CCC(O)(Cn2cnc3c(ccn3-c3ccccc3)c2=O)CC1. The maximum atomic E-state index is 13.5. The maximum absolute atomic E-state index is 13.5. The summed E-state index contributed by atoms with van der Waals surface area (Å²) in [7, 11) is 0. The minimum atomic E-state index is -1.06. The van der Waals surface area contributed by atoms with Crippen molar-refractivity contribution in [3.63, 3.8) is 0 Å². The van der Waals surface area contributed by atoms with Crippen molar-refractivity contribution in [3.05, 3.63) is 78.0 Å². The number of aromatic nitrogens is 5. The van der Waals surface area contributed by atoms with E-state index in [9.17, 15) is 14.7 Å². The van der Waals surface area contributed by atoms with Crippen LogP contribution in [0.4, 0.5) is 0 Å². The van der Waals surface area contributed by atoms with Crippen molar-refractivity contribution in [2.45, 2.75) is 56.7 Å². The van der Waals surface area contributed by atoms with Crippen molar-refractivity contribution in [1.29, 1.82) is 0 Å². The predicted molar refractivity (Wildman–Crippen MR) is 139 cm³/mol. The van der Waals surface area contributed by atoms with Crippen molar-refractivity contribution in [3.8, 4) is 5.69 Å². The lowest BCUT2D eigenvalue weighted by atomic mass is 9.82. The highest BCUT2D eigenvalue weighted by molar-refractivity contribution is 5.79. The Labute approximate surface area is 215 Å². The molecule has 1 aliphatic heterocycles. The second kappa shape index (κ2) is 9.63. The molecular weight excluding hydrogens is 468 g/mol. The molecule has 0 radical (unpaired) electrons. The Balaban J connectivity index is 1.15. The fraction of sp³-hybridized carbons (Fsp3) is 0.429. The molecule has 192 valence electrons. The largest absolute Gasteiger partial charge is 0.388 e. The number of hydrogen-bond acceptors (Lipinski definition) is 5. The summed E-state index contributed by atoms with van der Waals surface area (Å²) in [6.07, 6.45) is 13.8. The Morgan fingerprint density at radius 2 is 1.81 bits per heavy atom. The summed E-state index contributed by atoms with van der Waals surface area (Å²) in [4.78, 5) is 37.4. The van der Waals surface area contributed by atoms with Crippen LogP contribution in [0.5, 0.6) is 0 Å². The Bertz CT molecular complexity index is 1430. The fourth-order valence-electron chi connectivity index (χ4n) is 6.04. The molecule has 1 N–H and O–H groups in total. The third kappa shape index (κ3) is 4.48. The first kappa shape index (κ1) is 23.7. The van der Waals surface area contributed by atoms with Gasteiger partial charge in [-0.1, -0.05) is 31.0 Å². The summed E-state index contributed by atoms with van der Waals surface area (Å²) in [5.41, 5.74) is 0.303. The molecule has 2 fully saturated rings. The molecule has 0 unspecified atom stereocenters. The van der Waals surface area contributed by atoms with E-state index in [1.165, 1.54) is 10.9 Å². The van der Waals surface area contributed by atoms with Crippen molar-refractivity contribution >= 4 is 16.9 Å². The van der Waals surface area contributed by atoms with Crippen molar-refractivity contribution in [2.24, 2.45) is 5.92 Å². The predicted octanol–water partition coefficient (Wildman–Crippen LogP) is 3.17. The molecule has 2 atom stereocenters. The first-order valence-corrected chi connectivity index (χ1v) is 13.1. The van der Waals surface area contributed by atoms with Gasteiger partial charge in [0.05, 0.1) is 29.8 Å². The number of para-hydroxylation sites is 1. The number of imidazole rings is 1. The Hall–Kier alpha value is -3.72. The van der Waals surface area contributed by atoms with Gasteiger partial charge < -0.3 is 19.1 Å². The van der Waals surface area contributed by atoms with Crippen LogP contribution in [0.3, 0.4) is 0 Å². The number of benzene rings is 1. The van der Waals surface area contributed by atoms with Gasteiger partial charge in [-0.15, -0.1) is 0 Å². The summed E-state index contributed by atoms with van der Waals surface area (Å²) < 4.78 is 5.47. The lowest BCUT2D eigenvalue weighted by Gasteiger charge is -2.41. The monoisotopic (exact) mass is 500 g/mol. The molecule has 1 aromatic carbocycles. The van der Waals surface area contributed by atoms with Gasteiger partial charge >= 0.3 is 0 Å². The van der Waals surface area contributed by atoms with Crippen molar-refractivity contribution < 1.29 is 9.90 Å². The van der Waals surface area contributed by atoms with Crippen LogP contribution in [0.15, 0.2) is 72.4 Å². The number of carbonyl (C=O) groups is 1. The fourth-order valence-corrected chi connectivity index (χ4v) is 6.04. The molecule has 37 heavy (non-hydrogen) atoms. The number of hydrogen-bond donors (Lipinski definition) is 1. The van der Waals surface area contributed by atoms with Gasteiger partial charge in [-0.2, -0.15) is 0 Å². The number of nitrogens with zero attached hydrogens (tertiary/aromatic N) is 6. The Morgan fingerprint density at radius 1 is 1.03 bits per heavy atom. The van der Waals surface area contributed by atoms with E-state index >= 15 is 0 Å². The minimum Gasteiger partial charge on any atom is -0.388 e. The molecule has 1 saturated heterocycles. The van der Waals surface area contributed by atoms with Crippen LogP contribution in [0.2, 0.25) is 0 Å². The second-order valence-electron chi connectivity index (χ2n) is 10.5. The number of aliphatic hydroxyl groups is 1.